The average molecular weight is 237 g/mol. The Morgan fingerprint density at radius 2 is 1.67 bits per heavy atom. The molecule has 0 aliphatic heterocycles. The van der Waals surface area contributed by atoms with Gasteiger partial charge in [0.25, 0.3) is 0 Å². The maximum Gasteiger partial charge on any atom is 0.149 e. The number of thiol groups is 1. The Labute approximate surface area is 99.5 Å². The van der Waals surface area contributed by atoms with E-state index < -0.39 is 0 Å². The van der Waals surface area contributed by atoms with Crippen LogP contribution in [0.2, 0.25) is 0 Å². The van der Waals surface area contributed by atoms with Crippen molar-refractivity contribution in [1.29, 1.82) is 0 Å². The second-order valence-electron chi connectivity index (χ2n) is 2.53. The van der Waals surface area contributed by atoms with Crippen LogP contribution in [0, 0.1) is 0 Å². The van der Waals surface area contributed by atoms with Crippen LogP contribution < -0.4 is 5.43 Å². The molecular weight excluding hydrogens is 226 g/mol. The van der Waals surface area contributed by atoms with Gasteiger partial charge in [-0.25, -0.2) is 0 Å². The molecule has 1 N–H and O–H groups in total. The molecule has 15 heavy (non-hydrogen) atoms. The van der Waals surface area contributed by atoms with Crippen molar-refractivity contribution in [2.75, 3.05) is 5.43 Å². The Morgan fingerprint density at radius 1 is 1.07 bits per heavy atom. The number of hydrogen-bond donors (Lipinski definition) is 2. The first-order valence-corrected chi connectivity index (χ1v) is 5.12. The van der Waals surface area contributed by atoms with Gasteiger partial charge in [-0.2, -0.15) is 0 Å². The smallest absolute Gasteiger partial charge is 0.149 e. The minimum Gasteiger partial charge on any atom is -0.279 e. The first-order chi connectivity index (χ1) is 7.29. The Balaban J connectivity index is 0.000000162. The molecule has 0 bridgehead atoms. The lowest BCUT2D eigenvalue weighted by Gasteiger charge is -2.01. The number of rotatable bonds is 1. The predicted octanol–water partition coefficient (Wildman–Crippen LogP) is 2.33. The lowest BCUT2D eigenvalue weighted by atomic mass is 10.5. The fraction of sp³-hybridized carbons (Fsp3) is 0. The van der Waals surface area contributed by atoms with Crippen LogP contribution in [0.3, 0.4) is 0 Å². The molecular formula is C10H11N3S2. The van der Waals surface area contributed by atoms with Crippen molar-refractivity contribution in [2.24, 2.45) is 0 Å². The lowest BCUT2D eigenvalue weighted by molar-refractivity contribution is 1.00. The highest BCUT2D eigenvalue weighted by Gasteiger charge is 1.84. The normalized spacial score (nSPS) is 8.60. The summed E-state index contributed by atoms with van der Waals surface area (Å²) in [5.74, 6) is 0. The zero-order valence-corrected chi connectivity index (χ0v) is 9.66. The second-order valence-corrected chi connectivity index (χ2v) is 3.69. The van der Waals surface area contributed by atoms with Crippen LogP contribution >= 0.6 is 24.8 Å². The minimum absolute atomic E-state index is 0.464. The van der Waals surface area contributed by atoms with Crippen molar-refractivity contribution in [3.8, 4) is 0 Å². The highest BCUT2D eigenvalue weighted by molar-refractivity contribution is 8.11. The molecule has 3 nitrogen and oxygen atoms in total. The summed E-state index contributed by atoms with van der Waals surface area (Å²) in [6, 6.07) is 9.52. The predicted molar refractivity (Wildman–Crippen MR) is 69.6 cm³/mol. The van der Waals surface area contributed by atoms with Crippen molar-refractivity contribution in [2.45, 2.75) is 0 Å². The molecule has 2 aromatic heterocycles. The van der Waals surface area contributed by atoms with E-state index in [0.29, 0.717) is 4.32 Å². The van der Waals surface area contributed by atoms with Gasteiger partial charge in [-0.3, -0.25) is 15.1 Å². The Kier molecular flexibility index (Phi) is 5.50. The number of pyridine rings is 1. The highest BCUT2D eigenvalue weighted by atomic mass is 32.1. The molecule has 0 aromatic carbocycles. The minimum atomic E-state index is 0.464. The van der Waals surface area contributed by atoms with E-state index in [9.17, 15) is 0 Å². The second kappa shape index (κ2) is 7.03. The third-order valence-electron chi connectivity index (χ3n) is 1.40. The SMILES string of the molecule is S=C(S)Nn1cccc1.c1ccncc1. The summed E-state index contributed by atoms with van der Waals surface area (Å²) >= 11 is 8.56. The largest absolute Gasteiger partial charge is 0.279 e. The molecule has 0 saturated heterocycles. The summed E-state index contributed by atoms with van der Waals surface area (Å²) in [4.78, 5) is 3.78. The van der Waals surface area contributed by atoms with Crippen LogP contribution in [0.5, 0.6) is 0 Å². The van der Waals surface area contributed by atoms with Gasteiger partial charge < -0.3 is 0 Å². The summed E-state index contributed by atoms with van der Waals surface area (Å²) in [5.41, 5.74) is 2.80. The van der Waals surface area contributed by atoms with E-state index in [1.165, 1.54) is 0 Å². The summed E-state index contributed by atoms with van der Waals surface area (Å²) < 4.78 is 2.20. The number of nitrogens with zero attached hydrogens (tertiary/aromatic N) is 2. The molecule has 78 valence electrons. The maximum absolute atomic E-state index is 4.68. The van der Waals surface area contributed by atoms with Gasteiger partial charge in [0.1, 0.15) is 4.32 Å². The topological polar surface area (TPSA) is 29.9 Å². The number of hydrogen-bond acceptors (Lipinski definition) is 2. The Bertz CT molecular complexity index is 346. The van der Waals surface area contributed by atoms with Crippen molar-refractivity contribution in [3.05, 3.63) is 55.1 Å². The summed E-state index contributed by atoms with van der Waals surface area (Å²) in [5, 5.41) is 0. The van der Waals surface area contributed by atoms with E-state index in [0.717, 1.165) is 0 Å². The molecule has 0 aliphatic rings. The standard InChI is InChI=1S/C5H6N2S2.C5H5N/c8-5(9)6-7-3-1-2-4-7;1-2-4-6-5-3-1/h1-4H,(H2,6,8,9);1-5H. The van der Waals surface area contributed by atoms with E-state index >= 15 is 0 Å². The molecule has 0 saturated carbocycles. The van der Waals surface area contributed by atoms with Gasteiger partial charge in [-0.1, -0.05) is 18.3 Å². The molecule has 0 fully saturated rings. The fourth-order valence-corrected chi connectivity index (χ4v) is 1.05. The van der Waals surface area contributed by atoms with Crippen LogP contribution in [0.1, 0.15) is 0 Å². The number of nitrogens with one attached hydrogen (secondary N) is 1. The molecule has 0 spiro atoms. The van der Waals surface area contributed by atoms with Crippen LogP contribution in [0.25, 0.3) is 0 Å². The summed E-state index contributed by atoms with van der Waals surface area (Å²) in [6.07, 6.45) is 7.20. The zero-order chi connectivity index (χ0) is 10.9. The van der Waals surface area contributed by atoms with Crippen molar-refractivity contribution < 1.29 is 0 Å². The van der Waals surface area contributed by atoms with Gasteiger partial charge >= 0.3 is 0 Å². The van der Waals surface area contributed by atoms with E-state index in [4.69, 9.17) is 0 Å². The third-order valence-corrected chi connectivity index (χ3v) is 1.59. The lowest BCUT2D eigenvalue weighted by Crippen LogP contribution is -2.13. The third kappa shape index (κ3) is 5.87. The molecule has 0 unspecified atom stereocenters. The van der Waals surface area contributed by atoms with E-state index in [-0.39, 0.29) is 0 Å². The van der Waals surface area contributed by atoms with Gasteiger partial charge in [-0.05, 0) is 24.3 Å². The molecule has 2 aromatic rings. The van der Waals surface area contributed by atoms with Crippen LogP contribution in [-0.2, 0) is 0 Å². The molecule has 5 heteroatoms. The van der Waals surface area contributed by atoms with Gasteiger partial charge in [0, 0.05) is 24.8 Å². The zero-order valence-electron chi connectivity index (χ0n) is 7.95. The van der Waals surface area contributed by atoms with Crippen molar-refractivity contribution in [1.82, 2.24) is 9.66 Å². The van der Waals surface area contributed by atoms with E-state index in [1.54, 1.807) is 17.1 Å². The summed E-state index contributed by atoms with van der Waals surface area (Å²) in [6.45, 7) is 0. The fourth-order valence-electron chi connectivity index (χ4n) is 0.832. The van der Waals surface area contributed by atoms with E-state index in [2.05, 4.69) is 35.3 Å². The number of aromatic nitrogens is 2. The number of thiocarbonyl (C=S) groups is 1. The average Bonchev–Trinajstić information content (AvgIpc) is 2.73. The van der Waals surface area contributed by atoms with Crippen molar-refractivity contribution in [3.63, 3.8) is 0 Å². The molecule has 2 heterocycles. The van der Waals surface area contributed by atoms with Gasteiger partial charge in [0.2, 0.25) is 0 Å². The van der Waals surface area contributed by atoms with Crippen LogP contribution in [0.4, 0.5) is 0 Å². The molecule has 0 radical (unpaired) electrons. The molecule has 0 aliphatic carbocycles. The summed E-state index contributed by atoms with van der Waals surface area (Å²) in [7, 11) is 0. The van der Waals surface area contributed by atoms with Gasteiger partial charge in [-0.15, -0.1) is 12.6 Å². The molecule has 0 amide bonds. The van der Waals surface area contributed by atoms with Gasteiger partial charge in [0.15, 0.2) is 0 Å². The first-order valence-electron chi connectivity index (χ1n) is 4.27. The Hall–Kier alpha value is -1.33. The van der Waals surface area contributed by atoms with Crippen molar-refractivity contribution >= 4 is 29.2 Å². The highest BCUT2D eigenvalue weighted by Crippen LogP contribution is 1.87. The maximum atomic E-state index is 4.68. The Morgan fingerprint density at radius 3 is 2.00 bits per heavy atom. The van der Waals surface area contributed by atoms with Crippen LogP contribution in [0.15, 0.2) is 55.1 Å². The van der Waals surface area contributed by atoms with Crippen LogP contribution in [-0.4, -0.2) is 14.0 Å². The quantitative estimate of drug-likeness (QED) is 0.589. The molecule has 2 rings (SSSR count). The van der Waals surface area contributed by atoms with E-state index in [1.807, 2.05) is 42.7 Å². The first kappa shape index (κ1) is 11.7. The van der Waals surface area contributed by atoms with Gasteiger partial charge in [0.05, 0.1) is 0 Å². The monoisotopic (exact) mass is 237 g/mol. The molecule has 0 atom stereocenters.